The van der Waals surface area contributed by atoms with Crippen molar-refractivity contribution in [1.29, 1.82) is 0 Å². The third-order valence-electron chi connectivity index (χ3n) is 6.11. The zero-order chi connectivity index (χ0) is 26.4. The van der Waals surface area contributed by atoms with Gasteiger partial charge in [-0.15, -0.1) is 11.3 Å². The second kappa shape index (κ2) is 11.7. The molecule has 196 valence electrons. The summed E-state index contributed by atoms with van der Waals surface area (Å²) < 4.78 is 25.7. The Labute approximate surface area is 220 Å². The summed E-state index contributed by atoms with van der Waals surface area (Å²) >= 11 is 1.10. The highest BCUT2D eigenvalue weighted by atomic mass is 32.2. The van der Waals surface area contributed by atoms with E-state index in [-0.39, 0.29) is 17.1 Å². The Morgan fingerprint density at radius 1 is 1.05 bits per heavy atom. The van der Waals surface area contributed by atoms with Gasteiger partial charge in [0.15, 0.2) is 15.0 Å². The van der Waals surface area contributed by atoms with E-state index in [0.717, 1.165) is 59.8 Å². The van der Waals surface area contributed by atoms with Gasteiger partial charge in [-0.3, -0.25) is 10.1 Å². The molecule has 1 fully saturated rings. The van der Waals surface area contributed by atoms with Crippen molar-refractivity contribution in [2.24, 2.45) is 0 Å². The number of thiazole rings is 1. The molecule has 0 atom stereocenters. The van der Waals surface area contributed by atoms with Crippen LogP contribution < -0.4 is 15.5 Å². The Hall–Kier alpha value is -3.44. The number of aromatic nitrogens is 1. The van der Waals surface area contributed by atoms with Crippen molar-refractivity contribution in [3.05, 3.63) is 64.7 Å². The summed E-state index contributed by atoms with van der Waals surface area (Å²) in [5, 5.41) is 14.7. The zero-order valence-corrected chi connectivity index (χ0v) is 22.2. The lowest BCUT2D eigenvalue weighted by molar-refractivity contribution is -0.136. The number of carbonyl (C=O) groups excluding carboxylic acids is 1. The Balaban J connectivity index is 1.37. The molecule has 1 aliphatic heterocycles. The third-order valence-corrected chi connectivity index (χ3v) is 8.89. The summed E-state index contributed by atoms with van der Waals surface area (Å²) in [5.74, 6) is -1.15. The average molecular weight is 543 g/mol. The number of nitrogens with one attached hydrogen (secondary N) is 2. The smallest absolute Gasteiger partial charge is 0.325 e. The van der Waals surface area contributed by atoms with E-state index >= 15 is 0 Å². The van der Waals surface area contributed by atoms with Gasteiger partial charge in [0.05, 0.1) is 22.0 Å². The fourth-order valence-electron chi connectivity index (χ4n) is 4.21. The molecule has 0 unspecified atom stereocenters. The quantitative estimate of drug-likeness (QED) is 0.344. The molecule has 3 N–H and O–H groups in total. The highest BCUT2D eigenvalue weighted by Gasteiger charge is 2.19. The van der Waals surface area contributed by atoms with Crippen molar-refractivity contribution in [3.8, 4) is 0 Å². The van der Waals surface area contributed by atoms with Gasteiger partial charge in [0.25, 0.3) is 0 Å². The fraction of sp³-hybridized carbons (Fsp3) is 0.346. The number of benzene rings is 2. The number of rotatable bonds is 9. The SMILES string of the molecule is Cc1ccc(NC(=O)Nc2ncc(CS(=O)(=O)c3ccc(CCC(=O)O)cc3)s2)c(N2CCCCC2)c1. The molecule has 3 aromatic rings. The molecule has 2 amide bonds. The van der Waals surface area contributed by atoms with Crippen molar-refractivity contribution < 1.29 is 23.1 Å². The Bertz CT molecular complexity index is 1360. The highest BCUT2D eigenvalue weighted by Crippen LogP contribution is 2.30. The topological polar surface area (TPSA) is 129 Å². The number of amides is 2. The molecule has 0 saturated carbocycles. The largest absolute Gasteiger partial charge is 0.481 e. The number of aryl methyl sites for hydroxylation is 2. The first-order chi connectivity index (χ1) is 17.7. The van der Waals surface area contributed by atoms with Crippen LogP contribution in [-0.2, 0) is 26.8 Å². The van der Waals surface area contributed by atoms with E-state index in [9.17, 15) is 18.0 Å². The Kier molecular flexibility index (Phi) is 8.45. The minimum atomic E-state index is -3.63. The van der Waals surface area contributed by atoms with Crippen LogP contribution in [0.3, 0.4) is 0 Å². The predicted molar refractivity (Wildman–Crippen MR) is 145 cm³/mol. The van der Waals surface area contributed by atoms with Crippen LogP contribution in [0.25, 0.3) is 0 Å². The number of nitrogens with zero attached hydrogens (tertiary/aromatic N) is 2. The van der Waals surface area contributed by atoms with Gasteiger partial charge in [0.2, 0.25) is 0 Å². The van der Waals surface area contributed by atoms with Crippen LogP contribution in [0.5, 0.6) is 0 Å². The normalized spacial score (nSPS) is 13.8. The fourth-order valence-corrected chi connectivity index (χ4v) is 6.68. The van der Waals surface area contributed by atoms with Gasteiger partial charge < -0.3 is 15.3 Å². The van der Waals surface area contributed by atoms with Crippen molar-refractivity contribution in [2.75, 3.05) is 28.6 Å². The van der Waals surface area contributed by atoms with Crippen LogP contribution in [-0.4, -0.2) is 43.6 Å². The lowest BCUT2D eigenvalue weighted by Crippen LogP contribution is -2.31. The molecule has 2 heterocycles. The Morgan fingerprint density at radius 3 is 2.49 bits per heavy atom. The van der Waals surface area contributed by atoms with Crippen LogP contribution in [0.4, 0.5) is 21.3 Å². The first-order valence-corrected chi connectivity index (χ1v) is 14.6. The first-order valence-electron chi connectivity index (χ1n) is 12.1. The maximum atomic E-state index is 12.8. The molecule has 0 radical (unpaired) electrons. The van der Waals surface area contributed by atoms with Gasteiger partial charge in [-0.2, -0.15) is 0 Å². The molecular weight excluding hydrogens is 512 g/mol. The molecule has 37 heavy (non-hydrogen) atoms. The third kappa shape index (κ3) is 7.30. The monoisotopic (exact) mass is 542 g/mol. The van der Waals surface area contributed by atoms with E-state index in [2.05, 4.69) is 26.6 Å². The summed E-state index contributed by atoms with van der Waals surface area (Å²) in [6, 6.07) is 11.7. The molecule has 0 aliphatic carbocycles. The van der Waals surface area contributed by atoms with Crippen LogP contribution in [0, 0.1) is 6.92 Å². The zero-order valence-electron chi connectivity index (χ0n) is 20.6. The standard InChI is InChI=1S/C26H30N4O5S2/c1-18-5-11-22(23(15-18)30-13-3-2-4-14-30)28-25(33)29-26-27-16-20(36-26)17-37(34,35)21-9-6-19(7-10-21)8-12-24(31)32/h5-7,9-11,15-16H,2-4,8,12-14,17H2,1H3,(H,31,32)(H2,27,28,29,33). The molecule has 9 nitrogen and oxygen atoms in total. The van der Waals surface area contributed by atoms with Gasteiger partial charge in [-0.05, 0) is 68.0 Å². The van der Waals surface area contributed by atoms with Crippen molar-refractivity contribution in [2.45, 2.75) is 49.7 Å². The van der Waals surface area contributed by atoms with Crippen molar-refractivity contribution in [3.63, 3.8) is 0 Å². The van der Waals surface area contributed by atoms with Crippen LogP contribution in [0.2, 0.25) is 0 Å². The van der Waals surface area contributed by atoms with Crippen LogP contribution >= 0.6 is 11.3 Å². The molecular formula is C26H30N4O5S2. The molecule has 11 heteroatoms. The van der Waals surface area contributed by atoms with E-state index in [1.54, 1.807) is 12.1 Å². The summed E-state index contributed by atoms with van der Waals surface area (Å²) in [5.41, 5.74) is 3.59. The van der Waals surface area contributed by atoms with Crippen molar-refractivity contribution >= 4 is 49.7 Å². The molecule has 0 bridgehead atoms. The molecule has 0 spiro atoms. The summed E-state index contributed by atoms with van der Waals surface area (Å²) in [7, 11) is -3.63. The van der Waals surface area contributed by atoms with Crippen molar-refractivity contribution in [1.82, 2.24) is 4.98 Å². The van der Waals surface area contributed by atoms with Gasteiger partial charge in [0.1, 0.15) is 0 Å². The lowest BCUT2D eigenvalue weighted by Gasteiger charge is -2.30. The maximum Gasteiger partial charge on any atom is 0.325 e. The number of anilines is 3. The molecule has 1 aliphatic rings. The van der Waals surface area contributed by atoms with Gasteiger partial charge >= 0.3 is 12.0 Å². The minimum Gasteiger partial charge on any atom is -0.481 e. The van der Waals surface area contributed by atoms with E-state index in [0.29, 0.717) is 16.4 Å². The van der Waals surface area contributed by atoms with Gasteiger partial charge in [-0.1, -0.05) is 18.2 Å². The number of urea groups is 1. The summed E-state index contributed by atoms with van der Waals surface area (Å²) in [4.78, 5) is 30.5. The van der Waals surface area contributed by atoms with E-state index in [1.165, 1.54) is 24.8 Å². The molecule has 1 saturated heterocycles. The number of piperidine rings is 1. The number of hydrogen-bond acceptors (Lipinski definition) is 7. The van der Waals surface area contributed by atoms with Crippen LogP contribution in [0.1, 0.15) is 41.7 Å². The molecule has 2 aromatic carbocycles. The van der Waals surface area contributed by atoms with Gasteiger partial charge in [0, 0.05) is 30.6 Å². The second-order valence-corrected chi connectivity index (χ2v) is 12.2. The number of aliphatic carboxylic acids is 1. The van der Waals surface area contributed by atoms with Gasteiger partial charge in [-0.25, -0.2) is 18.2 Å². The second-order valence-electron chi connectivity index (χ2n) is 9.08. The van der Waals surface area contributed by atoms with E-state index in [4.69, 9.17) is 5.11 Å². The van der Waals surface area contributed by atoms with E-state index < -0.39 is 21.8 Å². The number of carbonyl (C=O) groups is 2. The Morgan fingerprint density at radius 2 is 1.78 bits per heavy atom. The number of hydrogen-bond donors (Lipinski definition) is 3. The summed E-state index contributed by atoms with van der Waals surface area (Å²) in [6.45, 7) is 3.93. The number of carboxylic acid groups (broad SMARTS) is 1. The average Bonchev–Trinajstić information content (AvgIpc) is 3.30. The first kappa shape index (κ1) is 26.6. The predicted octanol–water partition coefficient (Wildman–Crippen LogP) is 5.08. The van der Waals surface area contributed by atoms with Crippen LogP contribution in [0.15, 0.2) is 53.6 Å². The maximum absolute atomic E-state index is 12.8. The summed E-state index contributed by atoms with van der Waals surface area (Å²) in [6.07, 6.45) is 5.23. The van der Waals surface area contributed by atoms with E-state index in [1.807, 2.05) is 19.1 Å². The molecule has 1 aromatic heterocycles. The molecule has 4 rings (SSSR count). The number of carboxylic acids is 1. The lowest BCUT2D eigenvalue weighted by atomic mass is 10.1. The number of sulfone groups is 1. The minimum absolute atomic E-state index is 0.0141. The highest BCUT2D eigenvalue weighted by molar-refractivity contribution is 7.90.